The number of hydrogen-bond acceptors (Lipinski definition) is 2. The Balaban J connectivity index is 1.34. The lowest BCUT2D eigenvalue weighted by Gasteiger charge is -2.38. The van der Waals surface area contributed by atoms with Crippen LogP contribution in [-0.4, -0.2) is 9.55 Å². The highest BCUT2D eigenvalue weighted by atomic mass is 16.3. The number of nitrogens with zero attached hydrogens (tertiary/aromatic N) is 2. The molecular formula is C55H54N2O. The van der Waals surface area contributed by atoms with Crippen molar-refractivity contribution in [1.29, 1.82) is 0 Å². The van der Waals surface area contributed by atoms with Crippen LogP contribution in [0.25, 0.3) is 82.7 Å². The molecule has 1 saturated carbocycles. The maximum atomic E-state index is 9.83. The molecule has 0 aliphatic heterocycles. The molecule has 3 heteroatoms. The summed E-state index contributed by atoms with van der Waals surface area (Å²) >= 11 is 0. The molecule has 2 aromatic heterocycles. The van der Waals surface area contributed by atoms with Crippen molar-refractivity contribution in [1.82, 2.24) is 9.55 Å². The SMILES string of the molecule is [2H]C1(C)CCC(C(C)C)C(c2cccc3nc(-c4cccc5c4oc4cc6c(ccc7ccccc76)cc45)n(-c4c(C(C)C)cc(-c5ccccc5)cc4C(C)C)c23)C1([2H])[2H]. The average molecular weight is 762 g/mol. The summed E-state index contributed by atoms with van der Waals surface area (Å²) in [5.74, 6) is -0.431. The molecule has 3 nitrogen and oxygen atoms in total. The molecule has 0 amide bonds. The van der Waals surface area contributed by atoms with Gasteiger partial charge < -0.3 is 4.42 Å². The van der Waals surface area contributed by atoms with Crippen molar-refractivity contribution in [2.45, 2.75) is 85.4 Å². The van der Waals surface area contributed by atoms with Crippen LogP contribution in [0.4, 0.5) is 0 Å². The maximum Gasteiger partial charge on any atom is 0.149 e. The Kier molecular flexibility index (Phi) is 8.22. The van der Waals surface area contributed by atoms with Gasteiger partial charge in [-0.3, -0.25) is 4.57 Å². The smallest absolute Gasteiger partial charge is 0.149 e. The second kappa shape index (κ2) is 14.3. The van der Waals surface area contributed by atoms with Crippen LogP contribution >= 0.6 is 0 Å². The van der Waals surface area contributed by atoms with Gasteiger partial charge in [-0.05, 0) is 134 Å². The van der Waals surface area contributed by atoms with Crippen molar-refractivity contribution in [2.75, 3.05) is 0 Å². The van der Waals surface area contributed by atoms with Crippen molar-refractivity contribution in [2.24, 2.45) is 17.7 Å². The summed E-state index contributed by atoms with van der Waals surface area (Å²) in [5.41, 5.74) is 11.0. The first-order valence-electron chi connectivity index (χ1n) is 22.8. The molecule has 3 atom stereocenters. The van der Waals surface area contributed by atoms with Crippen molar-refractivity contribution < 1.29 is 8.53 Å². The van der Waals surface area contributed by atoms with Gasteiger partial charge in [0.15, 0.2) is 0 Å². The monoisotopic (exact) mass is 761 g/mol. The largest absolute Gasteiger partial charge is 0.455 e. The van der Waals surface area contributed by atoms with Crippen LogP contribution < -0.4 is 0 Å². The predicted octanol–water partition coefficient (Wildman–Crippen LogP) is 16.0. The molecule has 0 radical (unpaired) electrons. The third-order valence-corrected chi connectivity index (χ3v) is 12.9. The molecule has 1 aliphatic rings. The highest BCUT2D eigenvalue weighted by Gasteiger charge is 2.35. The normalized spacial score (nSPS) is 20.6. The number of aromatic nitrogens is 2. The second-order valence-electron chi connectivity index (χ2n) is 17.7. The van der Waals surface area contributed by atoms with E-state index in [9.17, 15) is 4.11 Å². The van der Waals surface area contributed by atoms with E-state index >= 15 is 0 Å². The van der Waals surface area contributed by atoms with Crippen LogP contribution in [0.1, 0.15) is 106 Å². The van der Waals surface area contributed by atoms with Gasteiger partial charge in [0, 0.05) is 14.9 Å². The zero-order valence-corrected chi connectivity index (χ0v) is 34.7. The standard InChI is InChI=1S/C55H54N2O/c1-32(2)40-26-23-35(7)27-48(40)42-19-14-22-50-53(42)57(52-45(33(3)4)29-39(30-46(52)34(5)6)36-15-9-8-10-16-36)55(56-50)44-21-13-20-43-49-28-38-25-24-37-17-11-12-18-41(37)47(38)31-51(49)58-54(43)44/h8-22,24-25,28-35,40,48H,23,26-27H2,1-7H3/i27D2,35D. The van der Waals surface area contributed by atoms with Crippen molar-refractivity contribution in [3.8, 4) is 28.2 Å². The zero-order chi connectivity index (χ0) is 42.5. The molecular weight excluding hydrogens is 705 g/mol. The lowest BCUT2D eigenvalue weighted by molar-refractivity contribution is 0.198. The van der Waals surface area contributed by atoms with Crippen molar-refractivity contribution in [3.05, 3.63) is 144 Å². The minimum atomic E-state index is -1.80. The Labute approximate surface area is 346 Å². The van der Waals surface area contributed by atoms with E-state index in [2.05, 4.69) is 167 Å². The molecule has 58 heavy (non-hydrogen) atoms. The van der Waals surface area contributed by atoms with E-state index in [1.165, 1.54) is 38.4 Å². The number of imidazole rings is 1. The molecule has 0 N–H and O–H groups in total. The highest BCUT2D eigenvalue weighted by molar-refractivity contribution is 6.17. The molecule has 2 heterocycles. The zero-order valence-electron chi connectivity index (χ0n) is 37.7. The van der Waals surface area contributed by atoms with Gasteiger partial charge in [0.05, 0.1) is 22.3 Å². The van der Waals surface area contributed by atoms with Crippen molar-refractivity contribution in [3.63, 3.8) is 0 Å². The van der Waals surface area contributed by atoms with Gasteiger partial charge in [-0.15, -0.1) is 0 Å². The van der Waals surface area contributed by atoms with E-state index in [4.69, 9.17) is 9.40 Å². The van der Waals surface area contributed by atoms with Gasteiger partial charge in [-0.2, -0.15) is 0 Å². The fourth-order valence-corrected chi connectivity index (χ4v) is 9.91. The summed E-state index contributed by atoms with van der Waals surface area (Å²) in [7, 11) is 0. The number of furan rings is 1. The lowest BCUT2D eigenvalue weighted by Crippen LogP contribution is -2.26. The Morgan fingerprint density at radius 1 is 0.672 bits per heavy atom. The second-order valence-corrected chi connectivity index (χ2v) is 17.7. The summed E-state index contributed by atoms with van der Waals surface area (Å²) in [5, 5.41) is 6.81. The molecule has 3 unspecified atom stereocenters. The van der Waals surface area contributed by atoms with Gasteiger partial charge >= 0.3 is 0 Å². The van der Waals surface area contributed by atoms with Gasteiger partial charge in [0.2, 0.25) is 0 Å². The first kappa shape index (κ1) is 33.3. The first-order valence-corrected chi connectivity index (χ1v) is 21.3. The maximum absolute atomic E-state index is 9.83. The Morgan fingerprint density at radius 2 is 1.38 bits per heavy atom. The summed E-state index contributed by atoms with van der Waals surface area (Å²) in [4.78, 5) is 5.60. The lowest BCUT2D eigenvalue weighted by atomic mass is 9.67. The topological polar surface area (TPSA) is 31.0 Å². The van der Waals surface area contributed by atoms with Crippen LogP contribution in [0.15, 0.2) is 132 Å². The van der Waals surface area contributed by atoms with Gasteiger partial charge in [-0.25, -0.2) is 4.98 Å². The minimum absolute atomic E-state index is 0.0458. The van der Waals surface area contributed by atoms with E-state index in [1.54, 1.807) is 6.92 Å². The first-order chi connectivity index (χ1) is 29.2. The third kappa shape index (κ3) is 5.96. The Morgan fingerprint density at radius 3 is 2.14 bits per heavy atom. The number of hydrogen-bond donors (Lipinski definition) is 0. The van der Waals surface area contributed by atoms with Crippen LogP contribution in [-0.2, 0) is 0 Å². The summed E-state index contributed by atoms with van der Waals surface area (Å²) < 4.78 is 38.5. The van der Waals surface area contributed by atoms with Crippen LogP contribution in [0.3, 0.4) is 0 Å². The van der Waals surface area contributed by atoms with E-state index in [0.717, 1.165) is 67.4 Å². The Hall–Kier alpha value is -5.67. The summed E-state index contributed by atoms with van der Waals surface area (Å²) in [6, 6.07) is 45.4. The van der Waals surface area contributed by atoms with E-state index < -0.39 is 18.2 Å². The van der Waals surface area contributed by atoms with Crippen LogP contribution in [0, 0.1) is 17.7 Å². The minimum Gasteiger partial charge on any atom is -0.455 e. The highest BCUT2D eigenvalue weighted by Crippen LogP contribution is 2.49. The summed E-state index contributed by atoms with van der Waals surface area (Å²) in [6.07, 6.45) is -0.483. The molecule has 0 spiro atoms. The Bertz CT molecular complexity index is 3120. The molecule has 10 rings (SSSR count). The van der Waals surface area contributed by atoms with Crippen LogP contribution in [0.5, 0.6) is 0 Å². The average Bonchev–Trinajstić information content (AvgIpc) is 3.82. The molecule has 0 saturated heterocycles. The number of rotatable bonds is 7. The van der Waals surface area contributed by atoms with Crippen molar-refractivity contribution >= 4 is 54.5 Å². The predicted molar refractivity (Wildman–Crippen MR) is 246 cm³/mol. The summed E-state index contributed by atoms with van der Waals surface area (Å²) in [6.45, 7) is 15.3. The fraction of sp³-hybridized carbons (Fsp3) is 0.291. The molecule has 290 valence electrons. The van der Waals surface area contributed by atoms with E-state index in [-0.39, 0.29) is 23.7 Å². The number of fused-ring (bicyclic) bond motifs is 7. The fourth-order valence-electron chi connectivity index (χ4n) is 9.91. The van der Waals surface area contributed by atoms with E-state index in [1.807, 2.05) is 6.07 Å². The molecule has 1 fully saturated rings. The number of para-hydroxylation sites is 2. The van der Waals surface area contributed by atoms with E-state index in [0.29, 0.717) is 6.42 Å². The van der Waals surface area contributed by atoms with Gasteiger partial charge in [-0.1, -0.05) is 146 Å². The van der Waals surface area contributed by atoms with Crippen LogP contribution in [0.2, 0.25) is 0 Å². The molecule has 0 bridgehead atoms. The van der Waals surface area contributed by atoms with Gasteiger partial charge in [0.1, 0.15) is 17.0 Å². The molecule has 1 aliphatic carbocycles. The van der Waals surface area contributed by atoms with Gasteiger partial charge in [0.25, 0.3) is 0 Å². The number of benzene rings is 7. The quantitative estimate of drug-likeness (QED) is 0.151. The molecule has 9 aromatic rings. The molecule has 7 aromatic carbocycles. The third-order valence-electron chi connectivity index (χ3n) is 12.9.